The van der Waals surface area contributed by atoms with E-state index in [4.69, 9.17) is 0 Å². The van der Waals surface area contributed by atoms with Gasteiger partial charge in [0.1, 0.15) is 0 Å². The number of carboxylic acid groups (broad SMARTS) is 1. The maximum absolute atomic E-state index is 10.2. The first kappa shape index (κ1) is 25.3. The molecule has 1 unspecified atom stereocenters. The van der Waals surface area contributed by atoms with Gasteiger partial charge in [0.15, 0.2) is 0 Å². The smallest absolute Gasteiger partial charge is 0.550 e. The minimum absolute atomic E-state index is 0. The summed E-state index contributed by atoms with van der Waals surface area (Å²) in [7, 11) is 0. The van der Waals surface area contributed by atoms with E-state index in [1.54, 1.807) is 0 Å². The van der Waals surface area contributed by atoms with Gasteiger partial charge in [0.2, 0.25) is 0 Å². The fourth-order valence-corrected chi connectivity index (χ4v) is 2.66. The van der Waals surface area contributed by atoms with Gasteiger partial charge in [-0.2, -0.15) is 0 Å². The van der Waals surface area contributed by atoms with Crippen LogP contribution in [0.15, 0.2) is 0 Å². The van der Waals surface area contributed by atoms with Crippen molar-refractivity contribution in [3.8, 4) is 0 Å². The molecule has 0 aromatic heterocycles. The zero-order valence-corrected chi connectivity index (χ0v) is 18.1. The van der Waals surface area contributed by atoms with Crippen molar-refractivity contribution in [2.75, 3.05) is 0 Å². The molecule has 0 amide bonds. The van der Waals surface area contributed by atoms with Crippen molar-refractivity contribution in [2.24, 2.45) is 0 Å². The van der Waals surface area contributed by atoms with Crippen LogP contribution in [-0.2, 0) is 4.79 Å². The topological polar surface area (TPSA) is 60.4 Å². The first-order valence-corrected chi connectivity index (χ1v) is 9.04. The molecule has 126 valence electrons. The van der Waals surface area contributed by atoms with Crippen molar-refractivity contribution in [1.82, 2.24) is 0 Å². The number of rotatable bonds is 16. The summed E-state index contributed by atoms with van der Waals surface area (Å²) in [6.07, 6.45) is 16.0. The summed E-state index contributed by atoms with van der Waals surface area (Å²) in [6.45, 7) is 2.25. The molecular formula is C18H35KO3. The molecule has 0 heterocycles. The zero-order chi connectivity index (χ0) is 15.8. The van der Waals surface area contributed by atoms with Gasteiger partial charge in [0.25, 0.3) is 0 Å². The molecule has 22 heavy (non-hydrogen) atoms. The molecule has 0 rings (SSSR count). The number of aliphatic carboxylic acids is 1. The molecule has 1 atom stereocenters. The Hall–Kier alpha value is 1.07. The predicted octanol–water partition coefficient (Wildman–Crippen LogP) is 0.973. The molecule has 0 fully saturated rings. The maximum atomic E-state index is 10.2. The van der Waals surface area contributed by atoms with E-state index in [0.717, 1.165) is 25.7 Å². The molecule has 0 spiro atoms. The Morgan fingerprint density at radius 3 is 1.68 bits per heavy atom. The molecule has 3 nitrogen and oxygen atoms in total. The number of aliphatic hydroxyl groups is 1. The molecule has 0 aliphatic carbocycles. The van der Waals surface area contributed by atoms with Crippen molar-refractivity contribution < 1.29 is 66.4 Å². The van der Waals surface area contributed by atoms with Crippen LogP contribution in [0.2, 0.25) is 0 Å². The van der Waals surface area contributed by atoms with Gasteiger partial charge >= 0.3 is 51.4 Å². The Kier molecular flexibility index (Phi) is 23.1. The van der Waals surface area contributed by atoms with E-state index >= 15 is 0 Å². The van der Waals surface area contributed by atoms with Crippen molar-refractivity contribution in [1.29, 1.82) is 0 Å². The third-order valence-corrected chi connectivity index (χ3v) is 4.06. The van der Waals surface area contributed by atoms with E-state index in [2.05, 4.69) is 6.92 Å². The number of hydrogen-bond donors (Lipinski definition) is 1. The summed E-state index contributed by atoms with van der Waals surface area (Å²) in [5.74, 6) is -0.987. The largest absolute Gasteiger partial charge is 1.00 e. The van der Waals surface area contributed by atoms with Crippen LogP contribution in [0.1, 0.15) is 103 Å². The Morgan fingerprint density at radius 1 is 0.818 bits per heavy atom. The van der Waals surface area contributed by atoms with Gasteiger partial charge in [-0.3, -0.25) is 0 Å². The second kappa shape index (κ2) is 20.1. The molecule has 0 saturated carbocycles. The molecule has 4 heteroatoms. The predicted molar refractivity (Wildman–Crippen MR) is 85.9 cm³/mol. The number of carboxylic acids is 1. The summed E-state index contributed by atoms with van der Waals surface area (Å²) in [5, 5.41) is 20.0. The van der Waals surface area contributed by atoms with Gasteiger partial charge in [-0.1, -0.05) is 77.6 Å². The van der Waals surface area contributed by atoms with E-state index in [1.807, 2.05) is 0 Å². The zero-order valence-electron chi connectivity index (χ0n) is 14.9. The van der Waals surface area contributed by atoms with Crippen molar-refractivity contribution in [2.45, 2.75) is 109 Å². The number of carbonyl (C=O) groups excluding carboxylic acids is 1. The average Bonchev–Trinajstić information content (AvgIpc) is 2.45. The van der Waals surface area contributed by atoms with Gasteiger partial charge in [-0.05, 0) is 25.7 Å². The van der Waals surface area contributed by atoms with Crippen LogP contribution in [0.3, 0.4) is 0 Å². The Bertz CT molecular complexity index is 234. The number of carbonyl (C=O) groups is 1. The molecule has 0 aliphatic heterocycles. The van der Waals surface area contributed by atoms with Crippen LogP contribution in [0.25, 0.3) is 0 Å². The van der Waals surface area contributed by atoms with E-state index in [0.29, 0.717) is 6.42 Å². The average molecular weight is 339 g/mol. The van der Waals surface area contributed by atoms with E-state index in [1.165, 1.54) is 57.8 Å². The third-order valence-electron chi connectivity index (χ3n) is 4.06. The molecule has 0 aromatic rings. The number of aliphatic hydroxyl groups excluding tert-OH is 1. The van der Waals surface area contributed by atoms with Crippen LogP contribution in [0.5, 0.6) is 0 Å². The van der Waals surface area contributed by atoms with Crippen molar-refractivity contribution in [3.05, 3.63) is 0 Å². The molecule has 0 aliphatic rings. The summed E-state index contributed by atoms with van der Waals surface area (Å²) in [4.78, 5) is 10.2. The fraction of sp³-hybridized carbons (Fsp3) is 0.944. The molecule has 0 radical (unpaired) electrons. The fourth-order valence-electron chi connectivity index (χ4n) is 2.66. The van der Waals surface area contributed by atoms with Crippen molar-refractivity contribution in [3.63, 3.8) is 0 Å². The Labute approximate surface area is 180 Å². The van der Waals surface area contributed by atoms with Gasteiger partial charge in [-0.15, -0.1) is 0 Å². The Morgan fingerprint density at radius 2 is 1.23 bits per heavy atom. The van der Waals surface area contributed by atoms with Gasteiger partial charge in [-0.25, -0.2) is 0 Å². The number of unbranched alkanes of at least 4 members (excludes halogenated alkanes) is 10. The summed E-state index contributed by atoms with van der Waals surface area (Å²) in [6, 6.07) is 0. The van der Waals surface area contributed by atoms with Gasteiger partial charge in [0, 0.05) is 5.97 Å². The Balaban J connectivity index is 0. The second-order valence-corrected chi connectivity index (χ2v) is 6.24. The van der Waals surface area contributed by atoms with Crippen LogP contribution in [0, 0.1) is 0 Å². The van der Waals surface area contributed by atoms with Crippen LogP contribution < -0.4 is 56.5 Å². The molecule has 0 aromatic carbocycles. The standard InChI is InChI=1S/C18H36O3.K/c1-2-3-4-5-6-7-8-9-10-11-14-17(19)15-12-13-16-18(20)21;/h17,19H,2-16H2,1H3,(H,20,21);/q;+1/p-1. The summed E-state index contributed by atoms with van der Waals surface area (Å²) >= 11 is 0. The van der Waals surface area contributed by atoms with Crippen LogP contribution in [0.4, 0.5) is 0 Å². The summed E-state index contributed by atoms with van der Waals surface area (Å²) in [5.41, 5.74) is 0. The van der Waals surface area contributed by atoms with Crippen LogP contribution in [-0.4, -0.2) is 17.2 Å². The molecule has 0 saturated heterocycles. The van der Waals surface area contributed by atoms with E-state index in [9.17, 15) is 15.0 Å². The minimum Gasteiger partial charge on any atom is -0.550 e. The number of hydrogen-bond acceptors (Lipinski definition) is 3. The SMILES string of the molecule is CCCCCCCCCCCCC(O)CCCCC(=O)[O-].[K+]. The third kappa shape index (κ3) is 21.1. The first-order valence-electron chi connectivity index (χ1n) is 9.04. The monoisotopic (exact) mass is 338 g/mol. The van der Waals surface area contributed by atoms with E-state index in [-0.39, 0.29) is 63.9 Å². The van der Waals surface area contributed by atoms with Crippen LogP contribution >= 0.6 is 0 Å². The minimum atomic E-state index is -0.987. The maximum Gasteiger partial charge on any atom is 1.00 e. The van der Waals surface area contributed by atoms with Gasteiger partial charge in [0.05, 0.1) is 6.10 Å². The quantitative estimate of drug-likeness (QED) is 0.337. The molecule has 0 bridgehead atoms. The molecular weight excluding hydrogens is 303 g/mol. The summed E-state index contributed by atoms with van der Waals surface area (Å²) < 4.78 is 0. The normalized spacial score (nSPS) is 11.9. The van der Waals surface area contributed by atoms with Crippen molar-refractivity contribution >= 4 is 5.97 Å². The second-order valence-electron chi connectivity index (χ2n) is 6.24. The van der Waals surface area contributed by atoms with Gasteiger partial charge < -0.3 is 15.0 Å². The first-order chi connectivity index (χ1) is 10.2. The molecule has 1 N–H and O–H groups in total. The van der Waals surface area contributed by atoms with E-state index < -0.39 is 5.97 Å².